The number of hydrogen-bond acceptors (Lipinski definition) is 14. The summed E-state index contributed by atoms with van der Waals surface area (Å²) in [5.74, 6) is -2.41. The molecule has 0 bridgehead atoms. The van der Waals surface area contributed by atoms with Crippen molar-refractivity contribution < 1.29 is 46.9 Å². The number of anilines is 1. The molecule has 1 unspecified atom stereocenters. The van der Waals surface area contributed by atoms with Crippen LogP contribution in [0.3, 0.4) is 0 Å². The van der Waals surface area contributed by atoms with E-state index in [2.05, 4.69) is 40.9 Å². The van der Waals surface area contributed by atoms with Gasteiger partial charge in [0.2, 0.25) is 0 Å². The minimum atomic E-state index is -4.36. The van der Waals surface area contributed by atoms with Crippen molar-refractivity contribution >= 4 is 43.2 Å². The number of fused-ring (bicyclic) bond motifs is 1. The van der Waals surface area contributed by atoms with Crippen LogP contribution in [0.2, 0.25) is 0 Å². The molecule has 0 radical (unpaired) electrons. The summed E-state index contributed by atoms with van der Waals surface area (Å²) in [6, 6.07) is 9.73. The molecule has 306 valence electrons. The molecule has 3 N–H and O–H groups in total. The smallest absolute Gasteiger partial charge is 0.459 e. The second kappa shape index (κ2) is 17.4. The molecule has 1 saturated carbocycles. The van der Waals surface area contributed by atoms with Gasteiger partial charge in [-0.05, 0) is 61.4 Å². The molecule has 0 spiro atoms. The van der Waals surface area contributed by atoms with Crippen LogP contribution < -0.4 is 15.3 Å². The lowest BCUT2D eigenvalue weighted by Crippen LogP contribution is -2.48. The standard InChI is InChI=1S/C39H55N6O10P/c1-23(2)36(47)52-33-30(54-39(21-41-9,34(33)53-37(48)24(3)4)31-18-17-29-35(40)42-22-43-45(29)31)20-50-56(49,44-25(5)19-32(46)51-27-11-10-12-27)55-28-15-13-26(14-16-28)38(6,7)8/h13-18,21-25,27,30,33-34H,10-12,19-20H2,1-9H3,(H,44,49)(H2,40,42,43)/b41-21-/t25-,30+,33+,34+,39-,56?/m0/s1. The molecule has 2 aromatic heterocycles. The highest BCUT2D eigenvalue weighted by Gasteiger charge is 2.61. The van der Waals surface area contributed by atoms with Crippen molar-refractivity contribution in [2.75, 3.05) is 19.4 Å². The van der Waals surface area contributed by atoms with Crippen molar-refractivity contribution in [2.24, 2.45) is 16.8 Å². The molecule has 2 aliphatic rings. The Hall–Kier alpha value is -4.37. The molecule has 16 nitrogen and oxygen atoms in total. The molecule has 5 rings (SSSR count). The third-order valence-electron chi connectivity index (χ3n) is 9.63. The first-order chi connectivity index (χ1) is 26.4. The van der Waals surface area contributed by atoms with E-state index < -0.39 is 74.1 Å². The first kappa shape index (κ1) is 42.8. The highest BCUT2D eigenvalue weighted by Crippen LogP contribution is 2.49. The Morgan fingerprint density at radius 1 is 1.04 bits per heavy atom. The molecule has 1 aliphatic heterocycles. The Kier molecular flexibility index (Phi) is 13.3. The van der Waals surface area contributed by atoms with Gasteiger partial charge in [0.15, 0.2) is 23.6 Å². The van der Waals surface area contributed by atoms with Crippen LogP contribution in [0, 0.1) is 11.8 Å². The number of nitrogens with one attached hydrogen (secondary N) is 1. The van der Waals surface area contributed by atoms with Gasteiger partial charge in [-0.1, -0.05) is 60.6 Å². The number of hydrogen-bond donors (Lipinski definition) is 2. The van der Waals surface area contributed by atoms with Crippen LogP contribution in [0.4, 0.5) is 5.82 Å². The summed E-state index contributed by atoms with van der Waals surface area (Å²) in [4.78, 5) is 47.9. The van der Waals surface area contributed by atoms with E-state index in [4.69, 9.17) is 33.7 Å². The number of nitrogens with zero attached hydrogens (tertiary/aromatic N) is 4. The van der Waals surface area contributed by atoms with Gasteiger partial charge in [-0.15, -0.1) is 0 Å². The normalized spacial score (nSPS) is 23.2. The number of aromatic nitrogens is 3. The molecule has 3 aromatic rings. The van der Waals surface area contributed by atoms with Gasteiger partial charge in [0.05, 0.1) is 30.6 Å². The maximum atomic E-state index is 14.8. The van der Waals surface area contributed by atoms with Crippen LogP contribution in [0.5, 0.6) is 5.75 Å². The third-order valence-corrected chi connectivity index (χ3v) is 11.3. The van der Waals surface area contributed by atoms with E-state index in [1.54, 1.807) is 58.9 Å². The maximum absolute atomic E-state index is 14.8. The van der Waals surface area contributed by atoms with Crippen LogP contribution in [-0.4, -0.2) is 82.8 Å². The van der Waals surface area contributed by atoms with Gasteiger partial charge >= 0.3 is 25.7 Å². The molecular weight excluding hydrogens is 743 g/mol. The summed E-state index contributed by atoms with van der Waals surface area (Å²) in [6.07, 6.45) is 1.20. The first-order valence-electron chi connectivity index (χ1n) is 19.0. The van der Waals surface area contributed by atoms with Crippen molar-refractivity contribution in [2.45, 2.75) is 123 Å². The first-order valence-corrected chi connectivity index (χ1v) is 20.5. The number of carbonyl (C=O) groups excluding carboxylic acids is 3. The van der Waals surface area contributed by atoms with Crippen LogP contribution in [0.15, 0.2) is 47.7 Å². The number of rotatable bonds is 16. The predicted octanol–water partition coefficient (Wildman–Crippen LogP) is 5.71. The largest absolute Gasteiger partial charge is 0.462 e. The highest BCUT2D eigenvalue weighted by atomic mass is 31.2. The van der Waals surface area contributed by atoms with Crippen LogP contribution >= 0.6 is 7.75 Å². The monoisotopic (exact) mass is 798 g/mol. The van der Waals surface area contributed by atoms with E-state index >= 15 is 0 Å². The fourth-order valence-corrected chi connectivity index (χ4v) is 7.85. The fourth-order valence-electron chi connectivity index (χ4n) is 6.30. The van der Waals surface area contributed by atoms with Gasteiger partial charge < -0.3 is 29.2 Å². The number of nitrogens with two attached hydrogens (primary N) is 1. The second-order valence-corrected chi connectivity index (χ2v) is 17.7. The molecule has 2 fully saturated rings. The number of aliphatic imine (C=N–C) groups is 1. The zero-order valence-corrected chi connectivity index (χ0v) is 34.5. The fraction of sp³-hybridized carbons (Fsp3) is 0.590. The van der Waals surface area contributed by atoms with Crippen molar-refractivity contribution in [3.63, 3.8) is 0 Å². The van der Waals surface area contributed by atoms with Gasteiger partial charge in [0.1, 0.15) is 29.8 Å². The average Bonchev–Trinajstić information content (AvgIpc) is 3.66. The molecule has 6 atom stereocenters. The van der Waals surface area contributed by atoms with Gasteiger partial charge in [-0.25, -0.2) is 19.2 Å². The SMILES string of the molecule is C/N=C\[C@@]1(c2ccc3c(N)ncnn23)O[C@H](COP(=O)(N[C@@H](C)CC(=O)OC2CCC2)Oc2ccc(C(C)(C)C)cc2)[C@@H](OC(=O)C(C)C)[C@H]1OC(=O)C(C)C. The summed E-state index contributed by atoms with van der Waals surface area (Å²) in [5, 5.41) is 7.28. The maximum Gasteiger partial charge on any atom is 0.459 e. The molecule has 56 heavy (non-hydrogen) atoms. The van der Waals surface area contributed by atoms with E-state index in [1.165, 1.54) is 24.1 Å². The summed E-state index contributed by atoms with van der Waals surface area (Å²) in [6.45, 7) is 14.0. The summed E-state index contributed by atoms with van der Waals surface area (Å²) in [7, 11) is -2.84. The quantitative estimate of drug-likeness (QED) is 0.0772. The summed E-state index contributed by atoms with van der Waals surface area (Å²) in [5.41, 5.74) is 6.09. The number of benzene rings is 1. The zero-order chi connectivity index (χ0) is 41.0. The van der Waals surface area contributed by atoms with Gasteiger partial charge in [0, 0.05) is 19.3 Å². The lowest BCUT2D eigenvalue weighted by molar-refractivity contribution is -0.172. The number of esters is 3. The summed E-state index contributed by atoms with van der Waals surface area (Å²) < 4.78 is 53.0. The average molecular weight is 799 g/mol. The molecular formula is C39H55N6O10P. The molecule has 3 heterocycles. The Bertz CT molecular complexity index is 1940. The van der Waals surface area contributed by atoms with E-state index in [9.17, 15) is 18.9 Å². The van der Waals surface area contributed by atoms with Crippen LogP contribution in [0.1, 0.15) is 92.3 Å². The molecule has 1 aromatic carbocycles. The Labute approximate surface area is 327 Å². The lowest BCUT2D eigenvalue weighted by Gasteiger charge is -2.32. The van der Waals surface area contributed by atoms with Crippen molar-refractivity contribution in [1.82, 2.24) is 19.7 Å². The van der Waals surface area contributed by atoms with E-state index in [0.717, 1.165) is 24.8 Å². The van der Waals surface area contributed by atoms with Crippen molar-refractivity contribution in [3.05, 3.63) is 54.0 Å². The van der Waals surface area contributed by atoms with Gasteiger partial charge in [-0.3, -0.25) is 23.9 Å². The van der Waals surface area contributed by atoms with Gasteiger partial charge in [0.25, 0.3) is 0 Å². The number of nitrogen functional groups attached to an aromatic ring is 1. The minimum absolute atomic E-state index is 0.111. The van der Waals surface area contributed by atoms with Crippen LogP contribution in [-0.2, 0) is 53.4 Å². The van der Waals surface area contributed by atoms with E-state index in [-0.39, 0.29) is 29.5 Å². The lowest BCUT2D eigenvalue weighted by atomic mass is 9.87. The van der Waals surface area contributed by atoms with Crippen LogP contribution in [0.25, 0.3) is 5.52 Å². The molecule has 0 amide bonds. The molecule has 1 saturated heterocycles. The van der Waals surface area contributed by atoms with E-state index in [0.29, 0.717) is 11.2 Å². The van der Waals surface area contributed by atoms with Gasteiger partial charge in [-0.2, -0.15) is 5.10 Å². The Morgan fingerprint density at radius 2 is 1.70 bits per heavy atom. The highest BCUT2D eigenvalue weighted by molar-refractivity contribution is 7.52. The number of carbonyl (C=O) groups is 3. The predicted molar refractivity (Wildman–Crippen MR) is 208 cm³/mol. The zero-order valence-electron chi connectivity index (χ0n) is 33.6. The topological polar surface area (TPSA) is 204 Å². The Morgan fingerprint density at radius 3 is 2.29 bits per heavy atom. The van der Waals surface area contributed by atoms with Crippen molar-refractivity contribution in [3.8, 4) is 5.75 Å². The Balaban J connectivity index is 1.54. The van der Waals surface area contributed by atoms with Crippen molar-refractivity contribution in [1.29, 1.82) is 0 Å². The summed E-state index contributed by atoms with van der Waals surface area (Å²) >= 11 is 0. The molecule has 17 heteroatoms. The third kappa shape index (κ3) is 9.77. The number of ether oxygens (including phenoxy) is 4. The molecule has 1 aliphatic carbocycles. The second-order valence-electron chi connectivity index (χ2n) is 16.0. The van der Waals surface area contributed by atoms with E-state index in [1.807, 2.05) is 12.1 Å². The minimum Gasteiger partial charge on any atom is -0.462 e.